The van der Waals surface area contributed by atoms with Gasteiger partial charge in [-0.3, -0.25) is 14.5 Å². The maximum absolute atomic E-state index is 6.02. The summed E-state index contributed by atoms with van der Waals surface area (Å²) in [7, 11) is 1.98. The molecule has 4 heterocycles. The molecular weight excluding hydrogens is 296 g/mol. The number of thiophene rings is 1. The van der Waals surface area contributed by atoms with Crippen LogP contribution in [0, 0.1) is 0 Å². The summed E-state index contributed by atoms with van der Waals surface area (Å²) < 4.78 is 7.90. The fourth-order valence-electron chi connectivity index (χ4n) is 3.59. The van der Waals surface area contributed by atoms with Gasteiger partial charge in [0.15, 0.2) is 0 Å². The van der Waals surface area contributed by atoms with Crippen LogP contribution in [0.2, 0.25) is 0 Å². The lowest BCUT2D eigenvalue weighted by Gasteiger charge is -2.36. The van der Waals surface area contributed by atoms with E-state index in [9.17, 15) is 0 Å². The molecule has 2 atom stereocenters. The summed E-state index contributed by atoms with van der Waals surface area (Å²) in [5.74, 6) is 0. The van der Waals surface area contributed by atoms with Crippen LogP contribution in [-0.2, 0) is 24.9 Å². The highest BCUT2D eigenvalue weighted by molar-refractivity contribution is 7.07. The Bertz CT molecular complexity index is 611. The molecule has 2 aliphatic heterocycles. The Morgan fingerprint density at radius 2 is 2.27 bits per heavy atom. The molecule has 5 nitrogen and oxygen atoms in total. The highest BCUT2D eigenvalue weighted by atomic mass is 32.1. The second kappa shape index (κ2) is 6.12. The van der Waals surface area contributed by atoms with Crippen molar-refractivity contribution in [3.63, 3.8) is 0 Å². The summed E-state index contributed by atoms with van der Waals surface area (Å²) in [6.07, 6.45) is 4.44. The van der Waals surface area contributed by atoms with Gasteiger partial charge in [0.1, 0.15) is 0 Å². The van der Waals surface area contributed by atoms with Gasteiger partial charge >= 0.3 is 0 Å². The summed E-state index contributed by atoms with van der Waals surface area (Å²) >= 11 is 1.78. The zero-order chi connectivity index (χ0) is 14.9. The molecular formula is C16H22N4OS. The third kappa shape index (κ3) is 2.96. The summed E-state index contributed by atoms with van der Waals surface area (Å²) in [5, 5.41) is 8.68. The summed E-state index contributed by atoms with van der Waals surface area (Å²) in [5.41, 5.74) is 2.71. The number of fused-ring (bicyclic) bond motifs is 1. The van der Waals surface area contributed by atoms with E-state index in [0.29, 0.717) is 12.1 Å². The van der Waals surface area contributed by atoms with Gasteiger partial charge in [-0.15, -0.1) is 0 Å². The van der Waals surface area contributed by atoms with E-state index in [1.807, 2.05) is 17.9 Å². The molecule has 0 amide bonds. The minimum atomic E-state index is 0.351. The number of ether oxygens (including phenoxy) is 1. The van der Waals surface area contributed by atoms with E-state index in [-0.39, 0.29) is 0 Å². The molecule has 0 radical (unpaired) electrons. The number of hydrogen-bond acceptors (Lipinski definition) is 5. The maximum Gasteiger partial charge on any atom is 0.0870 e. The number of likely N-dealkylation sites (tertiary alicyclic amines) is 1. The Balaban J connectivity index is 1.42. The monoisotopic (exact) mass is 318 g/mol. The lowest BCUT2D eigenvalue weighted by atomic mass is 10.1. The first kappa shape index (κ1) is 14.4. The first-order valence-corrected chi connectivity index (χ1v) is 8.79. The van der Waals surface area contributed by atoms with Crippen molar-refractivity contribution in [1.29, 1.82) is 0 Å². The van der Waals surface area contributed by atoms with Crippen molar-refractivity contribution in [2.24, 2.45) is 7.05 Å². The van der Waals surface area contributed by atoms with Crippen LogP contribution in [0.15, 0.2) is 29.2 Å². The Labute approximate surface area is 135 Å². The Hall–Kier alpha value is -1.21. The fourth-order valence-corrected chi connectivity index (χ4v) is 4.25. The van der Waals surface area contributed by atoms with Crippen LogP contribution in [0.1, 0.15) is 11.1 Å². The molecule has 4 rings (SSSR count). The van der Waals surface area contributed by atoms with Gasteiger partial charge in [-0.1, -0.05) is 0 Å². The Morgan fingerprint density at radius 1 is 1.32 bits per heavy atom. The molecule has 0 aliphatic carbocycles. The summed E-state index contributed by atoms with van der Waals surface area (Å²) in [4.78, 5) is 5.09. The number of aromatic nitrogens is 2. The first-order chi connectivity index (χ1) is 10.8. The molecule has 0 saturated carbocycles. The molecule has 0 bridgehead atoms. The van der Waals surface area contributed by atoms with Gasteiger partial charge in [-0.25, -0.2) is 0 Å². The number of morpholine rings is 1. The molecule has 0 spiro atoms. The smallest absolute Gasteiger partial charge is 0.0870 e. The predicted octanol–water partition coefficient (Wildman–Crippen LogP) is 1.57. The van der Waals surface area contributed by atoms with Crippen molar-refractivity contribution < 1.29 is 4.74 Å². The quantitative estimate of drug-likeness (QED) is 0.857. The Morgan fingerprint density at radius 3 is 3.05 bits per heavy atom. The van der Waals surface area contributed by atoms with E-state index in [2.05, 4.69) is 37.9 Å². The lowest BCUT2D eigenvalue weighted by Crippen LogP contribution is -2.50. The van der Waals surface area contributed by atoms with Crippen LogP contribution < -0.4 is 0 Å². The van der Waals surface area contributed by atoms with Gasteiger partial charge in [0.25, 0.3) is 0 Å². The second-order valence-corrected chi connectivity index (χ2v) is 7.08. The molecule has 0 unspecified atom stereocenters. The highest BCUT2D eigenvalue weighted by Gasteiger charge is 2.39. The number of hydrogen-bond donors (Lipinski definition) is 0. The zero-order valence-corrected chi connectivity index (χ0v) is 13.7. The second-order valence-electron chi connectivity index (χ2n) is 6.29. The standard InChI is InChI=1S/C16H22N4OS/c1-18-7-14(6-17-18)9-20-3-4-21-16-11-19(10-15(16)20)8-13-2-5-22-12-13/h2,5-7,12,15-16H,3-4,8-11H2,1H3/t15-,16+/m0/s1. The van der Waals surface area contributed by atoms with Crippen LogP contribution in [0.3, 0.4) is 0 Å². The highest BCUT2D eigenvalue weighted by Crippen LogP contribution is 2.26. The lowest BCUT2D eigenvalue weighted by molar-refractivity contribution is -0.0504. The zero-order valence-electron chi connectivity index (χ0n) is 12.9. The van der Waals surface area contributed by atoms with Crippen LogP contribution in [0.25, 0.3) is 0 Å². The maximum atomic E-state index is 6.02. The van der Waals surface area contributed by atoms with E-state index in [4.69, 9.17) is 4.74 Å². The van der Waals surface area contributed by atoms with Crippen molar-refractivity contribution in [2.45, 2.75) is 25.2 Å². The predicted molar refractivity (Wildman–Crippen MR) is 86.7 cm³/mol. The van der Waals surface area contributed by atoms with Crippen molar-refractivity contribution >= 4 is 11.3 Å². The van der Waals surface area contributed by atoms with Crippen molar-refractivity contribution in [2.75, 3.05) is 26.2 Å². The van der Waals surface area contributed by atoms with Crippen LogP contribution in [-0.4, -0.2) is 58.0 Å². The number of nitrogens with zero attached hydrogens (tertiary/aromatic N) is 4. The third-order valence-electron chi connectivity index (χ3n) is 4.62. The largest absolute Gasteiger partial charge is 0.374 e. The van der Waals surface area contributed by atoms with E-state index < -0.39 is 0 Å². The van der Waals surface area contributed by atoms with Gasteiger partial charge < -0.3 is 4.74 Å². The molecule has 2 fully saturated rings. The van der Waals surface area contributed by atoms with Gasteiger partial charge in [-0.05, 0) is 22.4 Å². The molecule has 0 aromatic carbocycles. The molecule has 6 heteroatoms. The first-order valence-electron chi connectivity index (χ1n) is 7.84. The van der Waals surface area contributed by atoms with E-state index in [0.717, 1.165) is 39.3 Å². The molecule has 2 saturated heterocycles. The van der Waals surface area contributed by atoms with Gasteiger partial charge in [0.05, 0.1) is 24.9 Å². The molecule has 118 valence electrons. The van der Waals surface area contributed by atoms with E-state index in [1.165, 1.54) is 11.1 Å². The average Bonchev–Trinajstić information content (AvgIpc) is 3.21. The third-order valence-corrected chi connectivity index (χ3v) is 5.35. The molecule has 0 N–H and O–H groups in total. The van der Waals surface area contributed by atoms with Crippen molar-refractivity contribution in [3.8, 4) is 0 Å². The SMILES string of the molecule is Cn1cc(CN2CCO[C@@H]3CN(Cc4ccsc4)C[C@@H]32)cn1. The minimum Gasteiger partial charge on any atom is -0.374 e. The van der Waals surface area contributed by atoms with Crippen molar-refractivity contribution in [1.82, 2.24) is 19.6 Å². The van der Waals surface area contributed by atoms with Crippen LogP contribution in [0.4, 0.5) is 0 Å². The average molecular weight is 318 g/mol. The van der Waals surface area contributed by atoms with Crippen LogP contribution >= 0.6 is 11.3 Å². The molecule has 2 aromatic heterocycles. The molecule has 2 aromatic rings. The fraction of sp³-hybridized carbons (Fsp3) is 0.562. The van der Waals surface area contributed by atoms with Crippen LogP contribution in [0.5, 0.6) is 0 Å². The normalized spacial score (nSPS) is 26.4. The minimum absolute atomic E-state index is 0.351. The molecule has 22 heavy (non-hydrogen) atoms. The molecule has 2 aliphatic rings. The van der Waals surface area contributed by atoms with Gasteiger partial charge in [-0.2, -0.15) is 16.4 Å². The number of rotatable bonds is 4. The summed E-state index contributed by atoms with van der Waals surface area (Å²) in [6, 6.07) is 2.73. The van der Waals surface area contributed by atoms with Crippen molar-refractivity contribution in [3.05, 3.63) is 40.3 Å². The summed E-state index contributed by atoms with van der Waals surface area (Å²) in [6.45, 7) is 6.02. The van der Waals surface area contributed by atoms with E-state index >= 15 is 0 Å². The van der Waals surface area contributed by atoms with E-state index in [1.54, 1.807) is 11.3 Å². The van der Waals surface area contributed by atoms with Gasteiger partial charge in [0.2, 0.25) is 0 Å². The number of aryl methyl sites for hydroxylation is 1. The topological polar surface area (TPSA) is 33.5 Å². The van der Waals surface area contributed by atoms with Gasteiger partial charge in [0, 0.05) is 51.5 Å². The Kier molecular flexibility index (Phi) is 4.00.